The van der Waals surface area contributed by atoms with Gasteiger partial charge in [0.15, 0.2) is 39.3 Å². The van der Waals surface area contributed by atoms with Gasteiger partial charge in [0.25, 0.3) is 5.91 Å². The number of nitrogens with zero attached hydrogens (tertiary/aromatic N) is 4. The molecule has 20 nitrogen and oxygen atoms in total. The van der Waals surface area contributed by atoms with E-state index in [1.165, 1.54) is 80.9 Å². The maximum Gasteiger partial charge on any atom is 0.433 e. The smallest absolute Gasteiger partial charge is 0.433 e. The number of alkyl halides is 3. The molecular weight excluding hydrogens is 1300 g/mol. The summed E-state index contributed by atoms with van der Waals surface area (Å²) in [4.78, 5) is 63.0. The standard InChI is InChI=1S/C22H20F3N3O3S.C15H15NO4S.C14H13NO4S.C9H9BrO4S/c1-13-4-6-19(26-11-13)16-8-17(10-18(9-16)32(3,30)31)21(29)28-14(2)15-5-7-20(27-12-15)22(23,24)25;1-10-4-5-14(16-9-10)11-6-12(15(17)20-2)8-13(7-11)21(3,18)19;1-9-3-4-13(15-8-9)10-5-11(14(16)17)7-12(6-10)20(2,18)19;1-14-9(11)6-3-7(10)5-8(4-6)15(2,12)13/h4-12,14H,1-3H3,(H,28,29);4-9H,1-3H3;3-8H,1-2H3,(H,16,17);3-5H,1-2H3/t14-;;;/m1.../s1. The van der Waals surface area contributed by atoms with Crippen LogP contribution in [0.3, 0.4) is 0 Å². The molecule has 8 aromatic rings. The van der Waals surface area contributed by atoms with E-state index in [0.717, 1.165) is 60.0 Å². The van der Waals surface area contributed by atoms with Crippen molar-refractivity contribution in [3.63, 3.8) is 0 Å². The van der Waals surface area contributed by atoms with E-state index in [4.69, 9.17) is 5.11 Å². The molecule has 4 heterocycles. The summed E-state index contributed by atoms with van der Waals surface area (Å²) in [5, 5.41) is 11.7. The number of amides is 1. The molecule has 28 heteroatoms. The minimum atomic E-state index is -4.56. The Morgan fingerprint density at radius 1 is 0.489 bits per heavy atom. The zero-order chi connectivity index (χ0) is 65.9. The molecule has 0 saturated heterocycles. The number of aromatic nitrogens is 4. The first kappa shape index (κ1) is 70.2. The normalized spacial score (nSPS) is 11.8. The molecule has 2 N–H and O–H groups in total. The first-order valence-corrected chi connectivity index (χ1v) is 33.7. The van der Waals surface area contributed by atoms with Gasteiger partial charge in [0.05, 0.1) is 73.6 Å². The molecule has 0 unspecified atom stereocenters. The SMILES string of the molecule is COC(=O)c1cc(-c2ccc(C)cn2)cc(S(C)(=O)=O)c1.COC(=O)c1cc(Br)cc(S(C)(=O)=O)c1.Cc1ccc(-c2cc(C(=O)N[C@H](C)c3ccc(C(F)(F)F)nc3)cc(S(C)(=O)=O)c2)nc1.Cc1ccc(-c2cc(C(=O)O)cc(S(C)(=O)=O)c2)nc1. The number of aryl methyl sites for hydroxylation is 3. The second-order valence-corrected chi connectivity index (χ2v) is 28.6. The quantitative estimate of drug-likeness (QED) is 0.101. The summed E-state index contributed by atoms with van der Waals surface area (Å²) in [5.41, 5.74) is 5.68. The number of nitrogens with one attached hydrogen (secondary N) is 1. The van der Waals surface area contributed by atoms with Gasteiger partial charge in [-0.15, -0.1) is 0 Å². The maximum absolute atomic E-state index is 12.8. The fraction of sp³-hybridized carbons (Fsp3) is 0.200. The van der Waals surface area contributed by atoms with Crippen molar-refractivity contribution in [1.82, 2.24) is 25.3 Å². The zero-order valence-electron chi connectivity index (χ0n) is 48.5. The van der Waals surface area contributed by atoms with Gasteiger partial charge in [-0.05, 0) is 147 Å². The van der Waals surface area contributed by atoms with Crippen LogP contribution in [0, 0.1) is 20.8 Å². The van der Waals surface area contributed by atoms with Crippen molar-refractivity contribution in [3.8, 4) is 33.8 Å². The molecule has 0 saturated carbocycles. The number of sulfone groups is 4. The van der Waals surface area contributed by atoms with Gasteiger partial charge in [-0.25, -0.2) is 48.1 Å². The number of pyridine rings is 4. The first-order chi connectivity index (χ1) is 40.8. The lowest BCUT2D eigenvalue weighted by Crippen LogP contribution is -2.27. The highest BCUT2D eigenvalue weighted by Crippen LogP contribution is 2.30. The number of carboxylic acids is 1. The third-order valence-electron chi connectivity index (χ3n) is 12.2. The summed E-state index contributed by atoms with van der Waals surface area (Å²) in [6.45, 7) is 7.24. The molecule has 0 fully saturated rings. The van der Waals surface area contributed by atoms with E-state index in [9.17, 15) is 66.0 Å². The number of halogens is 4. The molecule has 4 aromatic carbocycles. The van der Waals surface area contributed by atoms with Crippen LogP contribution in [-0.2, 0) is 55.0 Å². The summed E-state index contributed by atoms with van der Waals surface area (Å²) in [5.74, 6) is -2.92. The molecule has 4 aromatic heterocycles. The summed E-state index contributed by atoms with van der Waals surface area (Å²) in [6, 6.07) is 28.9. The molecular formula is C60H57BrF3N5O15S4. The molecule has 0 radical (unpaired) electrons. The number of benzene rings is 4. The van der Waals surface area contributed by atoms with Gasteiger partial charge >= 0.3 is 24.1 Å². The van der Waals surface area contributed by atoms with Crippen molar-refractivity contribution in [1.29, 1.82) is 0 Å². The Labute approximate surface area is 515 Å². The van der Waals surface area contributed by atoms with Crippen molar-refractivity contribution in [2.24, 2.45) is 0 Å². The molecule has 1 atom stereocenters. The van der Waals surface area contributed by atoms with Gasteiger partial charge in [-0.3, -0.25) is 24.7 Å². The molecule has 0 aliphatic heterocycles. The minimum Gasteiger partial charge on any atom is -0.478 e. The fourth-order valence-electron chi connectivity index (χ4n) is 7.49. The number of carbonyl (C=O) groups excluding carboxylic acids is 3. The van der Waals surface area contributed by atoms with Crippen molar-refractivity contribution in [2.75, 3.05) is 39.2 Å². The van der Waals surface area contributed by atoms with E-state index < -0.39 is 81.1 Å². The Kier molecular flexibility index (Phi) is 23.1. The Bertz CT molecular complexity index is 4390. The lowest BCUT2D eigenvalue weighted by atomic mass is 10.1. The van der Waals surface area contributed by atoms with E-state index in [0.29, 0.717) is 43.8 Å². The number of carbonyl (C=O) groups is 4. The maximum atomic E-state index is 12.8. The number of rotatable bonds is 13. The third-order valence-corrected chi connectivity index (χ3v) is 17.0. The number of aromatic carboxylic acids is 1. The molecule has 0 aliphatic carbocycles. The van der Waals surface area contributed by atoms with Gasteiger partial charge in [0.1, 0.15) is 5.69 Å². The van der Waals surface area contributed by atoms with Crippen LogP contribution in [0.15, 0.2) is 170 Å². The van der Waals surface area contributed by atoms with Crippen LogP contribution in [-0.4, -0.2) is 122 Å². The summed E-state index contributed by atoms with van der Waals surface area (Å²) in [6.07, 6.45) is 5.68. The minimum absolute atomic E-state index is 0.0326. The number of methoxy groups -OCH3 is 2. The first-order valence-electron chi connectivity index (χ1n) is 25.4. The molecule has 1 amide bonds. The van der Waals surface area contributed by atoms with Gasteiger partial charge in [0.2, 0.25) is 0 Å². The molecule has 0 aliphatic rings. The van der Waals surface area contributed by atoms with Gasteiger partial charge < -0.3 is 19.9 Å². The number of hydrogen-bond donors (Lipinski definition) is 2. The van der Waals surface area contributed by atoms with Crippen LogP contribution in [0.1, 0.15) is 82.3 Å². The van der Waals surface area contributed by atoms with E-state index >= 15 is 0 Å². The van der Waals surface area contributed by atoms with E-state index in [-0.39, 0.29) is 41.8 Å². The average molecular weight is 1350 g/mol. The van der Waals surface area contributed by atoms with Gasteiger partial charge in [-0.2, -0.15) is 13.2 Å². The molecule has 464 valence electrons. The van der Waals surface area contributed by atoms with Gasteiger partial charge in [-0.1, -0.05) is 40.2 Å². The Hall–Kier alpha value is -8.57. The monoisotopic (exact) mass is 1350 g/mol. The van der Waals surface area contributed by atoms with E-state index in [1.807, 2.05) is 39.0 Å². The predicted molar refractivity (Wildman–Crippen MR) is 325 cm³/mol. The third kappa shape index (κ3) is 20.3. The van der Waals surface area contributed by atoms with E-state index in [2.05, 4.69) is 50.7 Å². The highest BCUT2D eigenvalue weighted by atomic mass is 79.9. The Morgan fingerprint density at radius 2 is 0.841 bits per heavy atom. The Morgan fingerprint density at radius 3 is 1.17 bits per heavy atom. The molecule has 0 bridgehead atoms. The highest BCUT2D eigenvalue weighted by Gasteiger charge is 2.32. The summed E-state index contributed by atoms with van der Waals surface area (Å²) >= 11 is 3.13. The molecule has 88 heavy (non-hydrogen) atoms. The lowest BCUT2D eigenvalue weighted by molar-refractivity contribution is -0.141. The summed E-state index contributed by atoms with van der Waals surface area (Å²) < 4.78 is 141. The molecule has 8 rings (SSSR count). The second kappa shape index (κ2) is 29.0. The number of hydrogen-bond acceptors (Lipinski definition) is 18. The van der Waals surface area contributed by atoms with Crippen LogP contribution < -0.4 is 5.32 Å². The van der Waals surface area contributed by atoms with Crippen LogP contribution in [0.25, 0.3) is 33.8 Å². The fourth-order valence-corrected chi connectivity index (χ4v) is 10.9. The second-order valence-electron chi connectivity index (χ2n) is 19.6. The highest BCUT2D eigenvalue weighted by molar-refractivity contribution is 9.10. The summed E-state index contributed by atoms with van der Waals surface area (Å²) in [7, 11) is -11.4. The van der Waals surface area contributed by atoms with Crippen LogP contribution in [0.2, 0.25) is 0 Å². The lowest BCUT2D eigenvalue weighted by Gasteiger charge is -2.16. The largest absolute Gasteiger partial charge is 0.478 e. The van der Waals surface area contributed by atoms with Crippen LogP contribution in [0.5, 0.6) is 0 Å². The van der Waals surface area contributed by atoms with Crippen molar-refractivity contribution in [2.45, 2.75) is 59.5 Å². The van der Waals surface area contributed by atoms with Crippen LogP contribution >= 0.6 is 15.9 Å². The predicted octanol–water partition coefficient (Wildman–Crippen LogP) is 10.4. The number of esters is 2. The van der Waals surface area contributed by atoms with E-state index in [1.54, 1.807) is 49.8 Å². The zero-order valence-corrected chi connectivity index (χ0v) is 53.4. The molecule has 0 spiro atoms. The average Bonchev–Trinajstić information content (AvgIpc) is 3.65. The Balaban J connectivity index is 0.000000222. The van der Waals surface area contributed by atoms with Crippen LogP contribution in [0.4, 0.5) is 13.2 Å². The van der Waals surface area contributed by atoms with Gasteiger partial charge in [0, 0.05) is 76.5 Å². The van der Waals surface area contributed by atoms with Crippen molar-refractivity contribution in [3.05, 3.63) is 201 Å². The number of ether oxygens (including phenoxy) is 2. The topological polar surface area (TPSA) is 307 Å². The van der Waals surface area contributed by atoms with Crippen molar-refractivity contribution >= 4 is 79.1 Å². The number of carboxylic acid groups (broad SMARTS) is 1. The van der Waals surface area contributed by atoms with Crippen molar-refractivity contribution < 1.29 is 80.6 Å².